The van der Waals surface area contributed by atoms with E-state index in [9.17, 15) is 19.5 Å². The van der Waals surface area contributed by atoms with E-state index in [1.54, 1.807) is 24.1 Å². The number of carboxylic acid groups (broad SMARTS) is 1. The lowest BCUT2D eigenvalue weighted by molar-refractivity contribution is -0.152. The smallest absolute Gasteiger partial charge is 0.408 e. The number of methoxy groups -OCH3 is 2. The zero-order chi connectivity index (χ0) is 25.4. The molecule has 0 saturated carbocycles. The molecule has 0 radical (unpaired) electrons. The highest BCUT2D eigenvalue weighted by molar-refractivity contribution is 6.74. The number of ether oxygens (including phenoxy) is 2. The van der Waals surface area contributed by atoms with Gasteiger partial charge in [-0.3, -0.25) is 14.5 Å². The summed E-state index contributed by atoms with van der Waals surface area (Å²) < 4.78 is 16.7. The average Bonchev–Trinajstić information content (AvgIpc) is 3.10. The Balaban J connectivity index is 1.82. The highest BCUT2D eigenvalue weighted by Crippen LogP contribution is 2.40. The summed E-state index contributed by atoms with van der Waals surface area (Å²) in [4.78, 5) is 40.1. The molecular formula is C24H34N2O7Si. The standard InChI is InChI=1S/C24H34N2O7Si/c1-24(2,3)34(6,7)33-14-17(27)10-16-13-26(23(29)30)21-20(16)25(22(21)28)12-15-8-9-18(31-4)11-19(15)32-5/h8-11,20-21H,12-14H2,1-7H3,(H,29,30)/b16-10-/t20-,21+/m1/s1. The molecule has 0 spiro atoms. The summed E-state index contributed by atoms with van der Waals surface area (Å²) in [7, 11) is 0.982. The number of likely N-dealkylation sites (tertiary alicyclic amines) is 2. The molecule has 2 aliphatic rings. The summed E-state index contributed by atoms with van der Waals surface area (Å²) in [6.07, 6.45) is 0.275. The van der Waals surface area contributed by atoms with Gasteiger partial charge in [-0.1, -0.05) is 20.8 Å². The van der Waals surface area contributed by atoms with Gasteiger partial charge in [0.25, 0.3) is 0 Å². The first kappa shape index (κ1) is 25.8. The molecule has 2 saturated heterocycles. The summed E-state index contributed by atoms with van der Waals surface area (Å²) in [6.45, 7) is 10.6. The van der Waals surface area contributed by atoms with Crippen LogP contribution in [0.15, 0.2) is 29.8 Å². The molecule has 2 heterocycles. The fourth-order valence-corrected chi connectivity index (χ4v) is 4.94. The van der Waals surface area contributed by atoms with E-state index in [-0.39, 0.29) is 36.4 Å². The Morgan fingerprint density at radius 1 is 1.18 bits per heavy atom. The van der Waals surface area contributed by atoms with Crippen LogP contribution in [0.3, 0.4) is 0 Å². The van der Waals surface area contributed by atoms with E-state index in [0.29, 0.717) is 17.1 Å². The quantitative estimate of drug-likeness (QED) is 0.339. The SMILES string of the molecule is COc1ccc(CN2C(=O)[C@@H]3[C@H]2/C(=C\C(=O)CO[Si](C)(C)C(C)(C)C)CN3C(=O)O)c(OC)c1. The van der Waals surface area contributed by atoms with Crippen molar-refractivity contribution in [3.05, 3.63) is 35.4 Å². The van der Waals surface area contributed by atoms with E-state index in [1.165, 1.54) is 13.2 Å². The van der Waals surface area contributed by atoms with Gasteiger partial charge >= 0.3 is 6.09 Å². The first-order valence-corrected chi connectivity index (χ1v) is 14.1. The minimum absolute atomic E-state index is 0.0124. The second-order valence-corrected chi connectivity index (χ2v) is 15.0. The van der Waals surface area contributed by atoms with Crippen LogP contribution in [0.5, 0.6) is 11.5 Å². The van der Waals surface area contributed by atoms with Gasteiger partial charge in [-0.2, -0.15) is 0 Å². The van der Waals surface area contributed by atoms with Crippen LogP contribution in [0.25, 0.3) is 0 Å². The molecule has 0 aliphatic carbocycles. The number of ketones is 1. The maximum Gasteiger partial charge on any atom is 0.408 e. The molecule has 0 aromatic heterocycles. The van der Waals surface area contributed by atoms with Gasteiger partial charge in [-0.15, -0.1) is 0 Å². The summed E-state index contributed by atoms with van der Waals surface area (Å²) in [6, 6.07) is 4.00. The summed E-state index contributed by atoms with van der Waals surface area (Å²) in [5.41, 5.74) is 1.36. The fraction of sp³-hybridized carbons (Fsp3) is 0.542. The van der Waals surface area contributed by atoms with Gasteiger partial charge in [0.15, 0.2) is 14.1 Å². The van der Waals surface area contributed by atoms with Crippen LogP contribution in [0.4, 0.5) is 4.79 Å². The monoisotopic (exact) mass is 490 g/mol. The van der Waals surface area contributed by atoms with Crippen molar-refractivity contribution in [2.24, 2.45) is 0 Å². The van der Waals surface area contributed by atoms with Crippen molar-refractivity contribution >= 4 is 26.1 Å². The molecule has 1 aromatic rings. The van der Waals surface area contributed by atoms with E-state index in [2.05, 4.69) is 33.9 Å². The van der Waals surface area contributed by atoms with E-state index in [0.717, 1.165) is 10.5 Å². The third-order valence-electron chi connectivity index (χ3n) is 7.05. The van der Waals surface area contributed by atoms with Crippen LogP contribution in [0, 0.1) is 0 Å². The number of hydrogen-bond donors (Lipinski definition) is 1. The van der Waals surface area contributed by atoms with Gasteiger partial charge < -0.3 is 23.9 Å². The Morgan fingerprint density at radius 3 is 2.41 bits per heavy atom. The van der Waals surface area contributed by atoms with Gasteiger partial charge in [-0.05, 0) is 41.9 Å². The van der Waals surface area contributed by atoms with Gasteiger partial charge in [0, 0.05) is 18.2 Å². The molecule has 2 aliphatic heterocycles. The van der Waals surface area contributed by atoms with Crippen LogP contribution >= 0.6 is 0 Å². The molecule has 0 unspecified atom stereocenters. The Bertz CT molecular complexity index is 1020. The Kier molecular flexibility index (Phi) is 7.14. The van der Waals surface area contributed by atoms with Crippen LogP contribution in [0.1, 0.15) is 26.3 Å². The first-order chi connectivity index (χ1) is 15.8. The average molecular weight is 491 g/mol. The maximum absolute atomic E-state index is 12.9. The number of carbonyl (C=O) groups excluding carboxylic acids is 2. The minimum Gasteiger partial charge on any atom is -0.497 e. The van der Waals surface area contributed by atoms with E-state index in [1.807, 2.05) is 6.07 Å². The number of rotatable bonds is 8. The van der Waals surface area contributed by atoms with Crippen molar-refractivity contribution < 1.29 is 33.4 Å². The summed E-state index contributed by atoms with van der Waals surface area (Å²) in [5, 5.41) is 9.58. The van der Waals surface area contributed by atoms with Crippen molar-refractivity contribution in [1.82, 2.24) is 9.80 Å². The lowest BCUT2D eigenvalue weighted by Crippen LogP contribution is -2.66. The number of β-lactam (4-membered cyclic amide) rings is 1. The first-order valence-electron chi connectivity index (χ1n) is 11.2. The van der Waals surface area contributed by atoms with Crippen molar-refractivity contribution in [3.63, 3.8) is 0 Å². The van der Waals surface area contributed by atoms with Gasteiger partial charge in [0.1, 0.15) is 17.5 Å². The fourth-order valence-electron chi connectivity index (χ4n) is 4.00. The summed E-state index contributed by atoms with van der Waals surface area (Å²) >= 11 is 0. The van der Waals surface area contributed by atoms with Crippen molar-refractivity contribution in [1.29, 1.82) is 0 Å². The van der Waals surface area contributed by atoms with Crippen LogP contribution in [0.2, 0.25) is 18.1 Å². The molecule has 3 rings (SSSR count). The van der Waals surface area contributed by atoms with E-state index < -0.39 is 26.5 Å². The normalized spacial score (nSPS) is 21.4. The molecule has 34 heavy (non-hydrogen) atoms. The largest absolute Gasteiger partial charge is 0.497 e. The third-order valence-corrected chi connectivity index (χ3v) is 11.5. The molecule has 9 nitrogen and oxygen atoms in total. The maximum atomic E-state index is 12.9. The lowest BCUT2D eigenvalue weighted by atomic mass is 9.91. The van der Waals surface area contributed by atoms with E-state index >= 15 is 0 Å². The second kappa shape index (κ2) is 9.42. The molecule has 2 amide bonds. The van der Waals surface area contributed by atoms with E-state index in [4.69, 9.17) is 13.9 Å². The molecule has 10 heteroatoms. The molecule has 186 valence electrons. The van der Waals surface area contributed by atoms with Crippen molar-refractivity contribution in [2.75, 3.05) is 27.4 Å². The lowest BCUT2D eigenvalue weighted by Gasteiger charge is -2.45. The highest BCUT2D eigenvalue weighted by atomic mass is 28.4. The number of hydrogen-bond acceptors (Lipinski definition) is 6. The molecule has 0 bridgehead atoms. The minimum atomic E-state index is -2.11. The molecular weight excluding hydrogens is 456 g/mol. The highest BCUT2D eigenvalue weighted by Gasteiger charge is 2.58. The van der Waals surface area contributed by atoms with Gasteiger partial charge in [0.2, 0.25) is 5.91 Å². The van der Waals surface area contributed by atoms with Crippen LogP contribution in [-0.4, -0.2) is 80.5 Å². The van der Waals surface area contributed by atoms with Crippen LogP contribution < -0.4 is 9.47 Å². The van der Waals surface area contributed by atoms with Gasteiger partial charge in [0.05, 0.1) is 33.4 Å². The topological polar surface area (TPSA) is 106 Å². The summed E-state index contributed by atoms with van der Waals surface area (Å²) in [5.74, 6) is 0.665. The third kappa shape index (κ3) is 4.83. The number of benzene rings is 1. The number of amides is 2. The Hall–Kier alpha value is -2.85. The Morgan fingerprint density at radius 2 is 1.85 bits per heavy atom. The van der Waals surface area contributed by atoms with Crippen LogP contribution in [-0.2, 0) is 20.6 Å². The van der Waals surface area contributed by atoms with Crippen molar-refractivity contribution in [3.8, 4) is 11.5 Å². The molecule has 1 aromatic carbocycles. The predicted octanol–water partition coefficient (Wildman–Crippen LogP) is 3.29. The predicted molar refractivity (Wildman–Crippen MR) is 129 cm³/mol. The second-order valence-electron chi connectivity index (χ2n) is 10.2. The molecule has 1 N–H and O–H groups in total. The van der Waals surface area contributed by atoms with Gasteiger partial charge in [-0.25, -0.2) is 4.79 Å². The zero-order valence-electron chi connectivity index (χ0n) is 20.9. The zero-order valence-corrected chi connectivity index (χ0v) is 21.9. The van der Waals surface area contributed by atoms with Crippen molar-refractivity contribution in [2.45, 2.75) is 57.5 Å². The molecule has 2 atom stereocenters. The molecule has 2 fully saturated rings. The Labute approximate surface area is 201 Å². The number of carbonyl (C=O) groups is 3. The number of nitrogens with zero attached hydrogens (tertiary/aromatic N) is 2. The number of fused-ring (bicyclic) bond motifs is 1.